The van der Waals surface area contributed by atoms with Crippen LogP contribution < -0.4 is 21.7 Å². The van der Waals surface area contributed by atoms with E-state index >= 15 is 0 Å². The number of nitrogens with two attached hydrogens (primary N) is 1. The van der Waals surface area contributed by atoms with Crippen molar-refractivity contribution in [2.24, 2.45) is 5.73 Å². The van der Waals surface area contributed by atoms with Gasteiger partial charge in [0.25, 0.3) is 5.69 Å². The Labute approximate surface area is 400 Å². The van der Waals surface area contributed by atoms with Crippen LogP contribution in [-0.2, 0) is 52.6 Å². The van der Waals surface area contributed by atoms with Gasteiger partial charge in [-0.25, -0.2) is 13.2 Å². The van der Waals surface area contributed by atoms with E-state index in [0.29, 0.717) is 29.3 Å². The van der Waals surface area contributed by atoms with Gasteiger partial charge in [-0.05, 0) is 77.3 Å². The predicted octanol–water partition coefficient (Wildman–Crippen LogP) is 5.12. The van der Waals surface area contributed by atoms with E-state index in [0.717, 1.165) is 11.1 Å². The summed E-state index contributed by atoms with van der Waals surface area (Å²) >= 11 is 0. The lowest BCUT2D eigenvalue weighted by atomic mass is 10.0. The number of benzene rings is 2. The van der Waals surface area contributed by atoms with Crippen LogP contribution >= 0.6 is 12.4 Å². The quantitative estimate of drug-likeness (QED) is 0.0642. The molecule has 0 spiro atoms. The van der Waals surface area contributed by atoms with Gasteiger partial charge in [0.2, 0.25) is 11.8 Å². The summed E-state index contributed by atoms with van der Waals surface area (Å²) in [5, 5.41) is 36.1. The first-order valence-electron chi connectivity index (χ1n) is 21.0. The average Bonchev–Trinajstić information content (AvgIpc) is 3.86. The van der Waals surface area contributed by atoms with E-state index in [9.17, 15) is 32.9 Å². The number of hydrogen-bond acceptors (Lipinski definition) is 15. The van der Waals surface area contributed by atoms with E-state index in [4.69, 9.17) is 19.9 Å². The number of fused-ring (bicyclic) bond motifs is 2. The molecule has 4 heterocycles. The standard InChI is InChI=1S/C24H30N6O6.C21H27N5O4S.ClH/c1-23(2,3)36-22(32)26-24(4,5)21(31)25-18(15-35-14-16-9-7-6-8-10-16)20-28-27-19-12-11-17(30(33)34)13-29(19)20;1-21(2,22)20(27)23-17(13-30-12-15-7-5-4-6-8-15)19-25-24-18-10-9-16(11-26(18)19)14-31(3,28)29;/h6-13,18H,14-15H2,1-5H3,(H,25,31)(H,26,32);4-11,17H,12-14,22H2,1-3H3,(H,23,27);1H/t18-;17-;/m11./s1. The number of aromatic nitrogens is 6. The molecule has 0 aliphatic carbocycles. The Hall–Kier alpha value is -6.59. The van der Waals surface area contributed by atoms with E-state index in [1.807, 2.05) is 60.7 Å². The lowest BCUT2D eigenvalue weighted by molar-refractivity contribution is -0.385. The second kappa shape index (κ2) is 22.9. The van der Waals surface area contributed by atoms with Crippen LogP contribution in [-0.4, -0.2) is 96.6 Å². The highest BCUT2D eigenvalue weighted by molar-refractivity contribution is 7.89. The van der Waals surface area contributed by atoms with Crippen LogP contribution in [0, 0.1) is 10.1 Å². The van der Waals surface area contributed by atoms with Gasteiger partial charge in [-0.2, -0.15) is 0 Å². The second-order valence-electron chi connectivity index (χ2n) is 17.9. The van der Waals surface area contributed by atoms with Gasteiger partial charge in [0, 0.05) is 18.5 Å². The van der Waals surface area contributed by atoms with Crippen molar-refractivity contribution in [2.45, 2.75) is 96.2 Å². The van der Waals surface area contributed by atoms with Crippen LogP contribution in [0.15, 0.2) is 97.3 Å². The minimum Gasteiger partial charge on any atom is -0.444 e. The molecule has 2 aromatic carbocycles. The molecule has 0 unspecified atom stereocenters. The Balaban J connectivity index is 0.000000295. The van der Waals surface area contributed by atoms with Crippen LogP contribution in [0.5, 0.6) is 0 Å². The molecule has 5 N–H and O–H groups in total. The smallest absolute Gasteiger partial charge is 0.408 e. The summed E-state index contributed by atoms with van der Waals surface area (Å²) in [4.78, 5) is 48.8. The van der Waals surface area contributed by atoms with Crippen molar-refractivity contribution in [1.82, 2.24) is 45.1 Å². The summed E-state index contributed by atoms with van der Waals surface area (Å²) in [6.07, 6.45) is 3.37. The zero-order chi connectivity index (χ0) is 49.2. The monoisotopic (exact) mass is 979 g/mol. The molecular weight excluding hydrogens is 922 g/mol. The number of rotatable bonds is 18. The molecule has 0 bridgehead atoms. The van der Waals surface area contributed by atoms with Crippen molar-refractivity contribution >= 4 is 57.1 Å². The van der Waals surface area contributed by atoms with Gasteiger partial charge in [0.15, 0.2) is 32.8 Å². The fourth-order valence-electron chi connectivity index (χ4n) is 6.22. The molecule has 21 nitrogen and oxygen atoms in total. The molecule has 0 aliphatic rings. The first kappa shape index (κ1) is 54.0. The third kappa shape index (κ3) is 16.0. The topological polar surface area (TPSA) is 279 Å². The molecule has 366 valence electrons. The minimum absolute atomic E-state index is 0. The minimum atomic E-state index is -3.21. The summed E-state index contributed by atoms with van der Waals surface area (Å²) in [6.45, 7) is 12.2. The fourth-order valence-corrected chi connectivity index (χ4v) is 7.00. The second-order valence-corrected chi connectivity index (χ2v) is 20.0. The van der Waals surface area contributed by atoms with E-state index in [-0.39, 0.29) is 55.4 Å². The van der Waals surface area contributed by atoms with E-state index < -0.39 is 55.5 Å². The first-order chi connectivity index (χ1) is 31.4. The Kier molecular flexibility index (Phi) is 18.2. The molecule has 0 saturated heterocycles. The molecule has 0 aliphatic heterocycles. The SMILES string of the molecule is CC(C)(C)OC(=O)NC(C)(C)C(=O)N[C@H](COCc1ccccc1)c1nnc2ccc([N+](=O)[O-])cn12.CC(C)(N)C(=O)N[C@H](COCc1ccccc1)c1nnc2ccc(CS(C)(=O)=O)cn12.Cl. The summed E-state index contributed by atoms with van der Waals surface area (Å²) in [7, 11) is -3.21. The number of hydrogen-bond donors (Lipinski definition) is 4. The highest BCUT2D eigenvalue weighted by Crippen LogP contribution is 2.21. The Morgan fingerprint density at radius 2 is 1.18 bits per heavy atom. The average molecular weight is 981 g/mol. The number of nitrogens with zero attached hydrogens (tertiary/aromatic N) is 7. The summed E-state index contributed by atoms with van der Waals surface area (Å²) in [5.74, 6) is -0.356. The molecule has 68 heavy (non-hydrogen) atoms. The highest BCUT2D eigenvalue weighted by atomic mass is 35.5. The van der Waals surface area contributed by atoms with Crippen molar-refractivity contribution in [3.63, 3.8) is 0 Å². The number of halogens is 1. The number of carbonyl (C=O) groups excluding carboxylic acids is 3. The molecule has 23 heteroatoms. The van der Waals surface area contributed by atoms with Crippen molar-refractivity contribution < 1.29 is 41.9 Å². The van der Waals surface area contributed by atoms with Gasteiger partial charge in [-0.15, -0.1) is 32.8 Å². The van der Waals surface area contributed by atoms with E-state index in [2.05, 4.69) is 36.3 Å². The van der Waals surface area contributed by atoms with Crippen molar-refractivity contribution in [1.29, 1.82) is 0 Å². The fraction of sp³-hybridized carbons (Fsp3) is 0.400. The van der Waals surface area contributed by atoms with E-state index in [1.54, 1.807) is 57.3 Å². The van der Waals surface area contributed by atoms with Gasteiger partial charge in [0.1, 0.15) is 23.2 Å². The largest absolute Gasteiger partial charge is 0.444 e. The number of nitro groups is 1. The summed E-state index contributed by atoms with van der Waals surface area (Å²) in [6, 6.07) is 23.8. The summed E-state index contributed by atoms with van der Waals surface area (Å²) in [5.41, 5.74) is 6.00. The lowest BCUT2D eigenvalue weighted by Crippen LogP contribution is -2.56. The maximum absolute atomic E-state index is 13.2. The molecule has 6 aromatic rings. The van der Waals surface area contributed by atoms with Crippen molar-refractivity contribution in [2.75, 3.05) is 19.5 Å². The molecular formula is C45H58ClN11O10S. The van der Waals surface area contributed by atoms with Crippen molar-refractivity contribution in [3.05, 3.63) is 136 Å². The molecule has 3 amide bonds. The molecule has 0 saturated carbocycles. The van der Waals surface area contributed by atoms with Crippen LogP contribution in [0.4, 0.5) is 10.5 Å². The molecule has 0 radical (unpaired) electrons. The molecule has 2 atom stereocenters. The Bertz CT molecular complexity index is 2780. The third-order valence-electron chi connectivity index (χ3n) is 9.54. The number of carbonyl (C=O) groups is 3. The molecule has 0 fully saturated rings. The van der Waals surface area contributed by atoms with Crippen LogP contribution in [0.2, 0.25) is 0 Å². The maximum Gasteiger partial charge on any atom is 0.408 e. The Morgan fingerprint density at radius 1 is 0.706 bits per heavy atom. The maximum atomic E-state index is 13.2. The van der Waals surface area contributed by atoms with Gasteiger partial charge >= 0.3 is 6.09 Å². The molecule has 4 aromatic heterocycles. The number of sulfone groups is 1. The molecule has 6 rings (SSSR count). The van der Waals surface area contributed by atoms with Gasteiger partial charge in [0.05, 0.1) is 48.8 Å². The van der Waals surface area contributed by atoms with Crippen LogP contribution in [0.25, 0.3) is 11.3 Å². The number of ether oxygens (including phenoxy) is 3. The lowest BCUT2D eigenvalue weighted by Gasteiger charge is -2.29. The van der Waals surface area contributed by atoms with E-state index in [1.165, 1.54) is 42.8 Å². The van der Waals surface area contributed by atoms with Gasteiger partial charge in [-0.3, -0.25) is 28.5 Å². The summed E-state index contributed by atoms with van der Waals surface area (Å²) < 4.78 is 43.5. The highest BCUT2D eigenvalue weighted by Gasteiger charge is 2.35. The number of pyridine rings is 2. The van der Waals surface area contributed by atoms with Crippen molar-refractivity contribution in [3.8, 4) is 0 Å². The number of amides is 3. The zero-order valence-corrected chi connectivity index (χ0v) is 40.7. The van der Waals surface area contributed by atoms with Crippen LogP contribution in [0.1, 0.15) is 88.9 Å². The van der Waals surface area contributed by atoms with Gasteiger partial charge < -0.3 is 35.9 Å². The normalized spacial score (nSPS) is 12.8. The Morgan fingerprint density at radius 3 is 1.63 bits per heavy atom. The van der Waals surface area contributed by atoms with Gasteiger partial charge in [-0.1, -0.05) is 66.7 Å². The third-order valence-corrected chi connectivity index (χ3v) is 10.4. The zero-order valence-electron chi connectivity index (χ0n) is 39.0. The predicted molar refractivity (Wildman–Crippen MR) is 254 cm³/mol. The number of alkyl carbamates (subject to hydrolysis) is 1. The number of nitrogens with one attached hydrogen (secondary N) is 3. The van der Waals surface area contributed by atoms with Crippen LogP contribution in [0.3, 0.4) is 0 Å². The first-order valence-corrected chi connectivity index (χ1v) is 23.1.